The third-order valence-corrected chi connectivity index (χ3v) is 5.90. The van der Waals surface area contributed by atoms with Gasteiger partial charge in [0.25, 0.3) is 5.91 Å². The molecule has 1 amide bonds. The normalized spacial score (nSPS) is 16.9. The van der Waals surface area contributed by atoms with Gasteiger partial charge in [0, 0.05) is 17.0 Å². The Bertz CT molecular complexity index is 1030. The van der Waals surface area contributed by atoms with Crippen LogP contribution in [0.4, 0.5) is 17.6 Å². The lowest BCUT2D eigenvalue weighted by atomic mass is 10.0. The van der Waals surface area contributed by atoms with Gasteiger partial charge in [0.15, 0.2) is 0 Å². The molecule has 0 fully saturated rings. The summed E-state index contributed by atoms with van der Waals surface area (Å²) in [6.45, 7) is 2.29. The van der Waals surface area contributed by atoms with Crippen LogP contribution in [0.5, 0.6) is 0 Å². The van der Waals surface area contributed by atoms with Crippen molar-refractivity contribution in [3.63, 3.8) is 0 Å². The van der Waals surface area contributed by atoms with Crippen LogP contribution < -0.4 is 0 Å². The van der Waals surface area contributed by atoms with Crippen molar-refractivity contribution in [1.82, 2.24) is 15.0 Å². The molecule has 1 aliphatic heterocycles. The number of aromatic nitrogens is 2. The van der Waals surface area contributed by atoms with Crippen LogP contribution in [0.3, 0.4) is 0 Å². The highest BCUT2D eigenvalue weighted by Gasteiger charge is 2.39. The number of halogens is 4. The summed E-state index contributed by atoms with van der Waals surface area (Å²) in [4.78, 5) is 19.2. The Balaban J connectivity index is 1.60. The summed E-state index contributed by atoms with van der Waals surface area (Å²) in [5.74, 6) is -2.18. The van der Waals surface area contributed by atoms with E-state index in [-0.39, 0.29) is 17.8 Å². The molecule has 3 aromatic rings. The number of fused-ring (bicyclic) bond motifs is 1. The fourth-order valence-electron chi connectivity index (χ4n) is 3.15. The fourth-order valence-corrected chi connectivity index (χ4v) is 4.35. The van der Waals surface area contributed by atoms with Crippen LogP contribution in [0.15, 0.2) is 34.9 Å². The number of hydrogen-bond acceptors (Lipinski definition) is 5. The third-order valence-electron chi connectivity index (χ3n) is 4.55. The van der Waals surface area contributed by atoms with E-state index < -0.39 is 17.9 Å². The topological polar surface area (TPSA) is 59.2 Å². The molecule has 146 valence electrons. The van der Waals surface area contributed by atoms with Gasteiger partial charge < -0.3 is 9.42 Å². The smallest absolute Gasteiger partial charge is 0.331 e. The summed E-state index contributed by atoms with van der Waals surface area (Å²) in [5, 5.41) is 3.42. The van der Waals surface area contributed by atoms with Crippen LogP contribution in [-0.4, -0.2) is 27.5 Å². The van der Waals surface area contributed by atoms with E-state index in [0.717, 1.165) is 10.4 Å². The Morgan fingerprint density at radius 2 is 2.00 bits per heavy atom. The van der Waals surface area contributed by atoms with E-state index >= 15 is 0 Å². The summed E-state index contributed by atoms with van der Waals surface area (Å²) in [6.07, 6.45) is -4.15. The molecule has 5 nitrogen and oxygen atoms in total. The second kappa shape index (κ2) is 6.69. The van der Waals surface area contributed by atoms with Crippen LogP contribution in [-0.2, 0) is 12.6 Å². The van der Waals surface area contributed by atoms with Crippen LogP contribution in [0, 0.1) is 5.82 Å². The van der Waals surface area contributed by atoms with Crippen LogP contribution in [0.2, 0.25) is 0 Å². The predicted molar refractivity (Wildman–Crippen MR) is 92.2 cm³/mol. The van der Waals surface area contributed by atoms with Gasteiger partial charge in [0.1, 0.15) is 5.82 Å². The van der Waals surface area contributed by atoms with Crippen LogP contribution >= 0.6 is 11.3 Å². The molecule has 0 N–H and O–H groups in total. The molecule has 0 bridgehead atoms. The zero-order valence-corrected chi connectivity index (χ0v) is 15.3. The molecule has 0 saturated carbocycles. The van der Waals surface area contributed by atoms with E-state index in [2.05, 4.69) is 14.7 Å². The quantitative estimate of drug-likeness (QED) is 0.573. The Kier molecular flexibility index (Phi) is 4.45. The minimum atomic E-state index is -4.70. The molecule has 0 aliphatic carbocycles. The first-order chi connectivity index (χ1) is 13.2. The summed E-state index contributed by atoms with van der Waals surface area (Å²) < 4.78 is 55.4. The van der Waals surface area contributed by atoms with Gasteiger partial charge in [-0.15, -0.1) is 11.3 Å². The molecule has 0 saturated heterocycles. The Labute approximate surface area is 160 Å². The van der Waals surface area contributed by atoms with Crippen molar-refractivity contribution in [1.29, 1.82) is 0 Å². The van der Waals surface area contributed by atoms with Gasteiger partial charge in [-0.1, -0.05) is 5.16 Å². The van der Waals surface area contributed by atoms with Crippen LogP contribution in [0.25, 0.3) is 10.7 Å². The van der Waals surface area contributed by atoms with Gasteiger partial charge >= 0.3 is 12.1 Å². The number of rotatable bonds is 2. The molecule has 0 radical (unpaired) electrons. The van der Waals surface area contributed by atoms with Crippen molar-refractivity contribution in [3.05, 3.63) is 58.0 Å². The van der Waals surface area contributed by atoms with Gasteiger partial charge in [0.05, 0.1) is 10.9 Å². The zero-order valence-electron chi connectivity index (χ0n) is 14.5. The largest absolute Gasteiger partial charge is 0.471 e. The first-order valence-electron chi connectivity index (χ1n) is 8.34. The van der Waals surface area contributed by atoms with Crippen LogP contribution in [0.1, 0.15) is 39.7 Å². The highest BCUT2D eigenvalue weighted by atomic mass is 32.1. The standard InChI is InChI=1S/C18H13F4N3O2S/c1-9-14-11(6-7-25(9)16(26)10-2-4-12(19)5-3-10)8-13(28-14)15-23-17(27-24-15)18(20,21)22/h2-5,8-9H,6-7H2,1H3. The molecule has 1 unspecified atom stereocenters. The highest BCUT2D eigenvalue weighted by Crippen LogP contribution is 2.40. The van der Waals surface area contributed by atoms with Gasteiger partial charge in [-0.25, -0.2) is 4.39 Å². The van der Waals surface area contributed by atoms with Crippen molar-refractivity contribution < 1.29 is 26.9 Å². The van der Waals surface area contributed by atoms with Gasteiger partial charge in [-0.2, -0.15) is 18.2 Å². The third kappa shape index (κ3) is 3.28. The number of amides is 1. The maximum atomic E-state index is 13.1. The van der Waals surface area contributed by atoms with Gasteiger partial charge in [0.2, 0.25) is 5.82 Å². The molecular formula is C18H13F4N3O2S. The summed E-state index contributed by atoms with van der Waals surface area (Å²) in [5.41, 5.74) is 1.32. The van der Waals surface area contributed by atoms with E-state index in [1.54, 1.807) is 11.0 Å². The number of thiophene rings is 1. The molecule has 4 rings (SSSR count). The molecule has 0 spiro atoms. The Morgan fingerprint density at radius 3 is 2.64 bits per heavy atom. The molecular weight excluding hydrogens is 398 g/mol. The van der Waals surface area contributed by atoms with E-state index in [1.165, 1.54) is 35.6 Å². The Hall–Kier alpha value is -2.75. The molecule has 1 aliphatic rings. The lowest BCUT2D eigenvalue weighted by Gasteiger charge is -2.33. The highest BCUT2D eigenvalue weighted by molar-refractivity contribution is 7.15. The van der Waals surface area contributed by atoms with Crippen molar-refractivity contribution in [3.8, 4) is 10.7 Å². The SMILES string of the molecule is CC1c2sc(-c3noc(C(F)(F)F)n3)cc2CCN1C(=O)c1ccc(F)cc1. The van der Waals surface area contributed by atoms with E-state index in [9.17, 15) is 22.4 Å². The number of carbonyl (C=O) groups is 1. The Morgan fingerprint density at radius 1 is 1.29 bits per heavy atom. The minimum absolute atomic E-state index is 0.129. The second-order valence-corrected chi connectivity index (χ2v) is 7.44. The molecule has 1 aromatic carbocycles. The number of hydrogen-bond donors (Lipinski definition) is 0. The molecule has 3 heterocycles. The average Bonchev–Trinajstić information content (AvgIpc) is 3.29. The molecule has 10 heteroatoms. The zero-order chi connectivity index (χ0) is 20.1. The summed E-state index contributed by atoms with van der Waals surface area (Å²) >= 11 is 1.23. The van der Waals surface area contributed by atoms with E-state index in [4.69, 9.17) is 0 Å². The van der Waals surface area contributed by atoms with Crippen molar-refractivity contribution >= 4 is 17.2 Å². The second-order valence-electron chi connectivity index (χ2n) is 6.35. The van der Waals surface area contributed by atoms with Crippen molar-refractivity contribution in [2.75, 3.05) is 6.54 Å². The van der Waals surface area contributed by atoms with Gasteiger partial charge in [-0.3, -0.25) is 4.79 Å². The fraction of sp³-hybridized carbons (Fsp3) is 0.278. The lowest BCUT2D eigenvalue weighted by molar-refractivity contribution is -0.159. The van der Waals surface area contributed by atoms with E-state index in [0.29, 0.717) is 23.4 Å². The number of benzene rings is 1. The number of carbonyl (C=O) groups excluding carboxylic acids is 1. The average molecular weight is 411 g/mol. The monoisotopic (exact) mass is 411 g/mol. The summed E-state index contributed by atoms with van der Waals surface area (Å²) in [6, 6.07) is 6.77. The maximum absolute atomic E-state index is 13.1. The first-order valence-corrected chi connectivity index (χ1v) is 9.16. The van der Waals surface area contributed by atoms with E-state index in [1.807, 2.05) is 6.92 Å². The van der Waals surface area contributed by atoms with Crippen molar-refractivity contribution in [2.24, 2.45) is 0 Å². The molecule has 2 aromatic heterocycles. The molecule has 1 atom stereocenters. The summed E-state index contributed by atoms with van der Waals surface area (Å²) in [7, 11) is 0. The first kappa shape index (κ1) is 18.6. The van der Waals surface area contributed by atoms with Gasteiger partial charge in [-0.05, 0) is 49.2 Å². The minimum Gasteiger partial charge on any atom is -0.331 e. The van der Waals surface area contributed by atoms with Crippen molar-refractivity contribution in [2.45, 2.75) is 25.6 Å². The number of alkyl halides is 3. The molecule has 28 heavy (non-hydrogen) atoms. The lowest BCUT2D eigenvalue weighted by Crippen LogP contribution is -2.38. The maximum Gasteiger partial charge on any atom is 0.471 e. The predicted octanol–water partition coefficient (Wildman–Crippen LogP) is 4.72. The number of nitrogens with zero attached hydrogens (tertiary/aromatic N) is 3.